The summed E-state index contributed by atoms with van der Waals surface area (Å²) < 4.78 is 1.07. The molecule has 27 heavy (non-hydrogen) atoms. The van der Waals surface area contributed by atoms with E-state index in [1.807, 2.05) is 29.2 Å². The summed E-state index contributed by atoms with van der Waals surface area (Å²) in [6.07, 6.45) is 1.60. The minimum absolute atomic E-state index is 0. The molecule has 5 nitrogen and oxygen atoms in total. The summed E-state index contributed by atoms with van der Waals surface area (Å²) in [5.41, 5.74) is 3.32. The molecule has 0 aliphatic carbocycles. The molecule has 0 spiro atoms. The van der Waals surface area contributed by atoms with Gasteiger partial charge in [-0.05, 0) is 41.8 Å². The summed E-state index contributed by atoms with van der Waals surface area (Å²) in [6, 6.07) is 16.3. The highest BCUT2D eigenvalue weighted by molar-refractivity contribution is 14.0. The first kappa shape index (κ1) is 21.7. The Morgan fingerprint density at radius 1 is 1.04 bits per heavy atom. The van der Waals surface area contributed by atoms with Crippen LogP contribution in [0.1, 0.15) is 24.0 Å². The number of carbonyl (C=O) groups is 1. The van der Waals surface area contributed by atoms with Crippen LogP contribution in [0.3, 0.4) is 0 Å². The van der Waals surface area contributed by atoms with Gasteiger partial charge in [-0.25, -0.2) is 0 Å². The first-order valence-corrected chi connectivity index (χ1v) is 9.53. The molecule has 2 aromatic carbocycles. The molecule has 7 heteroatoms. The van der Waals surface area contributed by atoms with Crippen LogP contribution in [0.5, 0.6) is 0 Å². The molecular formula is C20H24BrIN4O. The lowest BCUT2D eigenvalue weighted by Gasteiger charge is -2.16. The zero-order valence-corrected chi connectivity index (χ0v) is 19.2. The predicted octanol–water partition coefficient (Wildman–Crippen LogP) is 4.06. The maximum Gasteiger partial charge on any atom is 0.227 e. The van der Waals surface area contributed by atoms with Crippen molar-refractivity contribution in [3.63, 3.8) is 0 Å². The number of benzene rings is 2. The number of nitrogens with one attached hydrogen (secondary N) is 2. The second kappa shape index (κ2) is 10.7. The van der Waals surface area contributed by atoms with Crippen molar-refractivity contribution in [1.29, 1.82) is 0 Å². The molecular weight excluding hydrogens is 519 g/mol. The first-order chi connectivity index (χ1) is 12.7. The van der Waals surface area contributed by atoms with Crippen molar-refractivity contribution in [2.45, 2.75) is 25.9 Å². The number of aliphatic imine (C=N–C) groups is 1. The van der Waals surface area contributed by atoms with Crippen LogP contribution < -0.4 is 15.5 Å². The second-order valence-corrected chi connectivity index (χ2v) is 7.14. The van der Waals surface area contributed by atoms with Crippen LogP contribution in [0, 0.1) is 0 Å². The number of guanidine groups is 1. The molecule has 0 unspecified atom stereocenters. The Bertz CT molecular complexity index is 778. The molecule has 1 fully saturated rings. The Morgan fingerprint density at radius 2 is 1.59 bits per heavy atom. The molecule has 0 aromatic heterocycles. The third-order valence-electron chi connectivity index (χ3n) is 4.38. The maximum atomic E-state index is 11.8. The van der Waals surface area contributed by atoms with Gasteiger partial charge >= 0.3 is 0 Å². The highest BCUT2D eigenvalue weighted by atomic mass is 127. The van der Waals surface area contributed by atoms with Crippen LogP contribution in [-0.4, -0.2) is 25.5 Å². The summed E-state index contributed by atoms with van der Waals surface area (Å²) >= 11 is 3.44. The van der Waals surface area contributed by atoms with Gasteiger partial charge < -0.3 is 15.5 Å². The second-order valence-electron chi connectivity index (χ2n) is 6.22. The van der Waals surface area contributed by atoms with Crippen molar-refractivity contribution < 1.29 is 4.79 Å². The number of carbonyl (C=O) groups excluding carboxylic acids is 1. The zero-order valence-electron chi connectivity index (χ0n) is 15.2. The van der Waals surface area contributed by atoms with Crippen molar-refractivity contribution in [1.82, 2.24) is 10.6 Å². The van der Waals surface area contributed by atoms with Crippen molar-refractivity contribution in [3.8, 4) is 0 Å². The normalized spacial score (nSPS) is 14.1. The molecule has 2 aromatic rings. The molecule has 144 valence electrons. The van der Waals surface area contributed by atoms with E-state index >= 15 is 0 Å². The summed E-state index contributed by atoms with van der Waals surface area (Å²) in [7, 11) is 1.76. The van der Waals surface area contributed by atoms with E-state index in [0.29, 0.717) is 19.5 Å². The Morgan fingerprint density at radius 3 is 2.07 bits per heavy atom. The van der Waals surface area contributed by atoms with Crippen molar-refractivity contribution in [2.24, 2.45) is 4.99 Å². The zero-order chi connectivity index (χ0) is 18.4. The first-order valence-electron chi connectivity index (χ1n) is 8.74. The molecule has 1 aliphatic heterocycles. The van der Waals surface area contributed by atoms with Crippen molar-refractivity contribution >= 4 is 57.5 Å². The molecule has 1 heterocycles. The number of halogens is 2. The summed E-state index contributed by atoms with van der Waals surface area (Å²) in [6.45, 7) is 2.21. The molecule has 0 saturated carbocycles. The Kier molecular flexibility index (Phi) is 8.56. The van der Waals surface area contributed by atoms with Crippen LogP contribution in [0.25, 0.3) is 0 Å². The quantitative estimate of drug-likeness (QED) is 0.340. The van der Waals surface area contributed by atoms with Gasteiger partial charge in [0.05, 0.1) is 0 Å². The average Bonchev–Trinajstić information content (AvgIpc) is 3.10. The predicted molar refractivity (Wildman–Crippen MR) is 125 cm³/mol. The number of nitrogens with zero attached hydrogens (tertiary/aromatic N) is 2. The number of amides is 1. The Balaban J connectivity index is 0.00000261. The van der Waals surface area contributed by atoms with Gasteiger partial charge in [0.1, 0.15) is 0 Å². The topological polar surface area (TPSA) is 56.7 Å². The minimum Gasteiger partial charge on any atom is -0.352 e. The lowest BCUT2D eigenvalue weighted by Crippen LogP contribution is -2.36. The largest absolute Gasteiger partial charge is 0.352 e. The molecule has 0 bridgehead atoms. The van der Waals surface area contributed by atoms with Gasteiger partial charge in [0, 0.05) is 43.3 Å². The van der Waals surface area contributed by atoms with Crippen LogP contribution in [-0.2, 0) is 17.9 Å². The molecule has 2 N–H and O–H groups in total. The van der Waals surface area contributed by atoms with Crippen LogP contribution in [0.2, 0.25) is 0 Å². The number of hydrogen-bond donors (Lipinski definition) is 2. The number of rotatable bonds is 5. The van der Waals surface area contributed by atoms with Crippen molar-refractivity contribution in [3.05, 3.63) is 64.1 Å². The summed E-state index contributed by atoms with van der Waals surface area (Å²) in [5.74, 6) is 0.972. The van der Waals surface area contributed by atoms with E-state index in [0.717, 1.165) is 34.6 Å². The SMILES string of the molecule is CN=C(NCc1ccc(Br)cc1)NCc1ccc(N2CCCC2=O)cc1.I. The van der Waals surface area contributed by atoms with E-state index in [-0.39, 0.29) is 29.9 Å². The fourth-order valence-corrected chi connectivity index (χ4v) is 3.17. The lowest BCUT2D eigenvalue weighted by molar-refractivity contribution is -0.117. The standard InChI is InChI=1S/C20H23BrN4O.HI/c1-22-20(23-13-15-4-8-17(21)9-5-15)24-14-16-6-10-18(11-7-16)25-12-2-3-19(25)26;/h4-11H,2-3,12-14H2,1H3,(H2,22,23,24);1H. The van der Waals surface area contributed by atoms with E-state index in [1.165, 1.54) is 5.56 Å². The van der Waals surface area contributed by atoms with Gasteiger partial charge in [0.25, 0.3) is 0 Å². The summed E-state index contributed by atoms with van der Waals surface area (Å²) in [4.78, 5) is 17.9. The van der Waals surface area contributed by atoms with Gasteiger partial charge in [0.15, 0.2) is 5.96 Å². The molecule has 1 aliphatic rings. The fourth-order valence-electron chi connectivity index (χ4n) is 2.91. The Labute approximate surface area is 185 Å². The number of anilines is 1. The third kappa shape index (κ3) is 6.21. The van der Waals surface area contributed by atoms with Crippen LogP contribution >= 0.6 is 39.9 Å². The lowest BCUT2D eigenvalue weighted by atomic mass is 10.2. The average molecular weight is 543 g/mol. The highest BCUT2D eigenvalue weighted by Crippen LogP contribution is 2.21. The van der Waals surface area contributed by atoms with Gasteiger partial charge in [0.2, 0.25) is 5.91 Å². The van der Waals surface area contributed by atoms with E-state index in [4.69, 9.17) is 0 Å². The van der Waals surface area contributed by atoms with Gasteiger partial charge in [-0.3, -0.25) is 9.79 Å². The van der Waals surface area contributed by atoms with Crippen molar-refractivity contribution in [2.75, 3.05) is 18.5 Å². The minimum atomic E-state index is 0. The summed E-state index contributed by atoms with van der Waals surface area (Å²) in [5, 5.41) is 6.62. The molecule has 0 atom stereocenters. The van der Waals surface area contributed by atoms with E-state index in [9.17, 15) is 4.79 Å². The van der Waals surface area contributed by atoms with Crippen LogP contribution in [0.15, 0.2) is 58.0 Å². The Hall–Kier alpha value is -1.61. The third-order valence-corrected chi connectivity index (χ3v) is 4.91. The van der Waals surface area contributed by atoms with Gasteiger partial charge in [-0.15, -0.1) is 24.0 Å². The number of hydrogen-bond acceptors (Lipinski definition) is 2. The fraction of sp³-hybridized carbons (Fsp3) is 0.300. The van der Waals surface area contributed by atoms with E-state index in [1.54, 1.807) is 7.05 Å². The monoisotopic (exact) mass is 542 g/mol. The molecule has 0 radical (unpaired) electrons. The van der Waals surface area contributed by atoms with Gasteiger partial charge in [-0.1, -0.05) is 40.2 Å². The maximum absolute atomic E-state index is 11.8. The van der Waals surface area contributed by atoms with Gasteiger partial charge in [-0.2, -0.15) is 0 Å². The van der Waals surface area contributed by atoms with E-state index < -0.39 is 0 Å². The van der Waals surface area contributed by atoms with Crippen LogP contribution in [0.4, 0.5) is 5.69 Å². The molecule has 3 rings (SSSR count). The van der Waals surface area contributed by atoms with E-state index in [2.05, 4.69) is 55.8 Å². The molecule has 1 amide bonds. The molecule has 1 saturated heterocycles. The highest BCUT2D eigenvalue weighted by Gasteiger charge is 2.21. The smallest absolute Gasteiger partial charge is 0.227 e.